The van der Waals surface area contributed by atoms with E-state index in [1.54, 1.807) is 36.4 Å². The van der Waals surface area contributed by atoms with Gasteiger partial charge < -0.3 is 4.74 Å². The lowest BCUT2D eigenvalue weighted by Crippen LogP contribution is -2.49. The van der Waals surface area contributed by atoms with E-state index in [4.69, 9.17) is 17.0 Å². The molecule has 0 unspecified atom stereocenters. The van der Waals surface area contributed by atoms with Crippen LogP contribution in [0.15, 0.2) is 83.3 Å². The molecule has 0 atom stereocenters. The number of rotatable bonds is 5. The first kappa shape index (κ1) is 21.5. The van der Waals surface area contributed by atoms with Crippen molar-refractivity contribution < 1.29 is 14.3 Å². The molecule has 152 valence electrons. The Balaban J connectivity index is 1.42. The summed E-state index contributed by atoms with van der Waals surface area (Å²) in [5.74, 6) is -0.279. The molecule has 3 rings (SSSR count). The molecule has 0 aromatic heterocycles. The summed E-state index contributed by atoms with van der Waals surface area (Å²) in [6, 6.07) is 24.3. The fourth-order valence-electron chi connectivity index (χ4n) is 2.53. The molecule has 8 heteroatoms. The van der Waals surface area contributed by atoms with Gasteiger partial charge in [0.2, 0.25) is 0 Å². The Bertz CT molecular complexity index is 1040. The Morgan fingerprint density at radius 1 is 0.833 bits per heavy atom. The van der Waals surface area contributed by atoms with Crippen LogP contribution in [0.2, 0.25) is 0 Å². The van der Waals surface area contributed by atoms with Crippen LogP contribution < -0.4 is 20.9 Å². The zero-order valence-corrected chi connectivity index (χ0v) is 18.1. The van der Waals surface area contributed by atoms with E-state index in [-0.39, 0.29) is 11.7 Å². The Hall–Kier alpha value is -3.23. The van der Waals surface area contributed by atoms with Gasteiger partial charge in [-0.1, -0.05) is 54.6 Å². The summed E-state index contributed by atoms with van der Waals surface area (Å²) < 4.78 is 6.11. The first-order valence-electron chi connectivity index (χ1n) is 8.96. The van der Waals surface area contributed by atoms with E-state index >= 15 is 0 Å². The second-order valence-electron chi connectivity index (χ2n) is 6.12. The summed E-state index contributed by atoms with van der Waals surface area (Å²) in [5, 5.41) is 2.45. The number of ether oxygens (including phenoxy) is 1. The molecule has 0 heterocycles. The zero-order valence-electron chi connectivity index (χ0n) is 15.7. The van der Waals surface area contributed by atoms with Gasteiger partial charge in [-0.25, -0.2) is 0 Å². The Morgan fingerprint density at radius 3 is 2.17 bits per heavy atom. The van der Waals surface area contributed by atoms with Crippen molar-refractivity contribution in [1.29, 1.82) is 0 Å². The fourth-order valence-corrected chi connectivity index (χ4v) is 3.14. The van der Waals surface area contributed by atoms with Gasteiger partial charge in [0.05, 0.1) is 5.56 Å². The third-order valence-electron chi connectivity index (χ3n) is 3.99. The normalized spacial score (nSPS) is 10.0. The summed E-state index contributed by atoms with van der Waals surface area (Å²) >= 11 is 8.31. The van der Waals surface area contributed by atoms with Gasteiger partial charge in [0, 0.05) is 4.47 Å². The molecule has 2 amide bonds. The van der Waals surface area contributed by atoms with E-state index in [1.807, 2.05) is 42.5 Å². The second-order valence-corrected chi connectivity index (χ2v) is 7.38. The van der Waals surface area contributed by atoms with Gasteiger partial charge in [-0.2, -0.15) is 0 Å². The van der Waals surface area contributed by atoms with Crippen LogP contribution in [0.1, 0.15) is 10.4 Å². The molecule has 6 nitrogen and oxygen atoms in total. The predicted molar refractivity (Wildman–Crippen MR) is 123 cm³/mol. The highest BCUT2D eigenvalue weighted by molar-refractivity contribution is 9.10. The van der Waals surface area contributed by atoms with E-state index in [1.165, 1.54) is 0 Å². The highest BCUT2D eigenvalue weighted by Crippen LogP contribution is 2.22. The predicted octanol–water partition coefficient (Wildman–Crippen LogP) is 3.83. The molecule has 3 N–H and O–H groups in total. The molecule has 0 aliphatic heterocycles. The summed E-state index contributed by atoms with van der Waals surface area (Å²) in [4.78, 5) is 24.1. The summed E-state index contributed by atoms with van der Waals surface area (Å²) in [6.45, 7) is -0.210. The summed E-state index contributed by atoms with van der Waals surface area (Å²) in [7, 11) is 0. The van der Waals surface area contributed by atoms with Crippen LogP contribution in [0, 0.1) is 0 Å². The molecule has 0 bridgehead atoms. The van der Waals surface area contributed by atoms with Gasteiger partial charge in [0.15, 0.2) is 11.7 Å². The molecule has 0 saturated carbocycles. The second kappa shape index (κ2) is 10.5. The lowest BCUT2D eigenvalue weighted by molar-refractivity contribution is -0.123. The Labute approximate surface area is 187 Å². The van der Waals surface area contributed by atoms with E-state index in [2.05, 4.69) is 32.1 Å². The molecule has 3 aromatic carbocycles. The van der Waals surface area contributed by atoms with Crippen molar-refractivity contribution in [2.75, 3.05) is 6.61 Å². The van der Waals surface area contributed by atoms with Crippen molar-refractivity contribution >= 4 is 45.1 Å². The molecule has 3 aromatic rings. The van der Waals surface area contributed by atoms with Crippen LogP contribution in [0.4, 0.5) is 0 Å². The number of amides is 2. The number of halogens is 1. The number of benzene rings is 3. The van der Waals surface area contributed by atoms with Crippen LogP contribution in [0.5, 0.6) is 5.75 Å². The van der Waals surface area contributed by atoms with Crippen LogP contribution >= 0.6 is 28.1 Å². The van der Waals surface area contributed by atoms with E-state index in [0.717, 1.165) is 11.1 Å². The molecule has 0 fully saturated rings. The lowest BCUT2D eigenvalue weighted by atomic mass is 10.1. The van der Waals surface area contributed by atoms with Crippen molar-refractivity contribution in [3.63, 3.8) is 0 Å². The van der Waals surface area contributed by atoms with Crippen LogP contribution in [-0.4, -0.2) is 23.5 Å². The smallest absolute Gasteiger partial charge is 0.276 e. The maximum Gasteiger partial charge on any atom is 0.276 e. The summed E-state index contributed by atoms with van der Waals surface area (Å²) in [5.41, 5.74) is 7.44. The number of carbonyl (C=O) groups is 2. The van der Waals surface area contributed by atoms with Crippen LogP contribution in [0.25, 0.3) is 11.1 Å². The third-order valence-corrected chi connectivity index (χ3v) is 4.89. The van der Waals surface area contributed by atoms with Crippen molar-refractivity contribution in [1.82, 2.24) is 16.2 Å². The Kier molecular flexibility index (Phi) is 7.53. The van der Waals surface area contributed by atoms with E-state index in [0.29, 0.717) is 15.8 Å². The SMILES string of the molecule is O=C(COc1ccc(-c2ccccc2)cc1)NNC(=S)NC(=O)c1ccccc1Br. The number of carbonyl (C=O) groups excluding carboxylic acids is 2. The Morgan fingerprint density at radius 2 is 1.47 bits per heavy atom. The maximum absolute atomic E-state index is 12.2. The molecule has 0 saturated heterocycles. The average molecular weight is 484 g/mol. The number of hydrogen-bond donors (Lipinski definition) is 3. The standard InChI is InChI=1S/C22H18BrN3O3S/c23-19-9-5-4-8-18(19)21(28)24-22(30)26-25-20(27)14-29-17-12-10-16(11-13-17)15-6-2-1-3-7-15/h1-13H,14H2,(H,25,27)(H2,24,26,28,30). The lowest BCUT2D eigenvalue weighted by Gasteiger charge is -2.12. The third kappa shape index (κ3) is 6.13. The van der Waals surface area contributed by atoms with E-state index < -0.39 is 11.8 Å². The van der Waals surface area contributed by atoms with Crippen molar-refractivity contribution in [3.05, 3.63) is 88.9 Å². The van der Waals surface area contributed by atoms with E-state index in [9.17, 15) is 9.59 Å². The number of hydrazine groups is 1. The average Bonchev–Trinajstić information content (AvgIpc) is 2.77. The highest BCUT2D eigenvalue weighted by atomic mass is 79.9. The van der Waals surface area contributed by atoms with Crippen molar-refractivity contribution in [2.24, 2.45) is 0 Å². The molecule has 0 aliphatic rings. The van der Waals surface area contributed by atoms with Crippen LogP contribution in [-0.2, 0) is 4.79 Å². The van der Waals surface area contributed by atoms with Gasteiger partial charge in [-0.15, -0.1) is 0 Å². The quantitative estimate of drug-likeness (QED) is 0.379. The molecule has 30 heavy (non-hydrogen) atoms. The van der Waals surface area contributed by atoms with Gasteiger partial charge in [0.25, 0.3) is 11.8 Å². The number of nitrogens with one attached hydrogen (secondary N) is 3. The van der Waals surface area contributed by atoms with Gasteiger partial charge in [-0.05, 0) is 63.5 Å². The fraction of sp³-hybridized carbons (Fsp3) is 0.0455. The minimum atomic E-state index is -0.445. The maximum atomic E-state index is 12.2. The van der Waals surface area contributed by atoms with Crippen LogP contribution in [0.3, 0.4) is 0 Å². The number of thiocarbonyl (C=S) groups is 1. The summed E-state index contributed by atoms with van der Waals surface area (Å²) in [6.07, 6.45) is 0. The molecular weight excluding hydrogens is 466 g/mol. The monoisotopic (exact) mass is 483 g/mol. The molecule has 0 radical (unpaired) electrons. The minimum Gasteiger partial charge on any atom is -0.484 e. The zero-order chi connectivity index (χ0) is 21.3. The van der Waals surface area contributed by atoms with Crippen molar-refractivity contribution in [2.45, 2.75) is 0 Å². The minimum absolute atomic E-state index is 0.0312. The number of hydrogen-bond acceptors (Lipinski definition) is 4. The topological polar surface area (TPSA) is 79.5 Å². The first-order valence-corrected chi connectivity index (χ1v) is 10.2. The molecule has 0 aliphatic carbocycles. The molecular formula is C22H18BrN3O3S. The van der Waals surface area contributed by atoms with Gasteiger partial charge in [0.1, 0.15) is 5.75 Å². The molecule has 0 spiro atoms. The highest BCUT2D eigenvalue weighted by Gasteiger charge is 2.11. The van der Waals surface area contributed by atoms with Crippen molar-refractivity contribution in [3.8, 4) is 16.9 Å². The largest absolute Gasteiger partial charge is 0.484 e. The van der Waals surface area contributed by atoms with Gasteiger partial charge >= 0.3 is 0 Å². The first-order chi connectivity index (χ1) is 14.5. The van der Waals surface area contributed by atoms with Gasteiger partial charge in [-0.3, -0.25) is 25.8 Å².